The quantitative estimate of drug-likeness (QED) is 0.402. The van der Waals surface area contributed by atoms with Crippen LogP contribution in [0.15, 0.2) is 46.2 Å². The van der Waals surface area contributed by atoms with E-state index in [1.807, 2.05) is 0 Å². The minimum atomic E-state index is -3.78. The Hall–Kier alpha value is -1.46. The predicted octanol–water partition coefficient (Wildman–Crippen LogP) is 2.73. The van der Waals surface area contributed by atoms with Crippen LogP contribution in [0.4, 0.5) is 5.13 Å². The molecule has 2 rings (SSSR count). The third-order valence-electron chi connectivity index (χ3n) is 2.87. The summed E-state index contributed by atoms with van der Waals surface area (Å²) in [5.74, 6) is 0.182. The third-order valence-corrected chi connectivity index (χ3v) is 6.90. The van der Waals surface area contributed by atoms with E-state index in [2.05, 4.69) is 22.1 Å². The van der Waals surface area contributed by atoms with Crippen LogP contribution in [-0.2, 0) is 14.8 Å². The van der Waals surface area contributed by atoms with Gasteiger partial charge in [0.1, 0.15) is 0 Å². The number of rotatable bonds is 8. The third kappa shape index (κ3) is 5.51. The molecule has 0 saturated carbocycles. The van der Waals surface area contributed by atoms with E-state index in [4.69, 9.17) is 11.6 Å². The fourth-order valence-corrected chi connectivity index (χ4v) is 4.46. The fraction of sp³-hybridized carbons (Fsp3) is 0.214. The second kappa shape index (κ2) is 8.77. The summed E-state index contributed by atoms with van der Waals surface area (Å²) in [6.07, 6.45) is 1.74. The lowest BCUT2D eigenvalue weighted by Gasteiger charge is -2.16. The van der Waals surface area contributed by atoms with Crippen molar-refractivity contribution in [2.75, 3.05) is 24.7 Å². The van der Waals surface area contributed by atoms with Crippen molar-refractivity contribution in [1.82, 2.24) is 14.5 Å². The van der Waals surface area contributed by atoms with E-state index in [0.717, 1.165) is 4.31 Å². The molecule has 0 atom stereocenters. The smallest absolute Gasteiger partial charge is 0.243 e. The molecular weight excluding hydrogens is 404 g/mol. The summed E-state index contributed by atoms with van der Waals surface area (Å²) in [7, 11) is -2.46. The number of sulfonamides is 1. The van der Waals surface area contributed by atoms with Crippen LogP contribution in [-0.4, -0.2) is 48.2 Å². The zero-order valence-electron chi connectivity index (χ0n) is 13.2. The van der Waals surface area contributed by atoms with Crippen LogP contribution in [0.25, 0.3) is 0 Å². The van der Waals surface area contributed by atoms with Crippen LogP contribution < -0.4 is 5.32 Å². The molecule has 0 radical (unpaired) electrons. The molecule has 0 saturated heterocycles. The zero-order valence-corrected chi connectivity index (χ0v) is 16.4. The molecule has 0 fully saturated rings. The number of benzene rings is 1. The maximum atomic E-state index is 12.4. The summed E-state index contributed by atoms with van der Waals surface area (Å²) in [6.45, 7) is 3.26. The Bertz CT molecular complexity index is 852. The van der Waals surface area contributed by atoms with Gasteiger partial charge in [-0.1, -0.05) is 40.8 Å². The van der Waals surface area contributed by atoms with Gasteiger partial charge in [-0.05, 0) is 24.3 Å². The Labute approximate surface area is 159 Å². The van der Waals surface area contributed by atoms with E-state index in [1.165, 1.54) is 54.4 Å². The highest BCUT2D eigenvalue weighted by Crippen LogP contribution is 2.25. The molecule has 7 nitrogen and oxygen atoms in total. The molecule has 0 aliphatic heterocycles. The number of likely N-dealkylation sites (N-methyl/N-ethyl adjacent to an activating group) is 1. The molecule has 2 aromatic rings. The first-order valence-electron chi connectivity index (χ1n) is 6.92. The van der Waals surface area contributed by atoms with Gasteiger partial charge in [0.15, 0.2) is 4.34 Å². The summed E-state index contributed by atoms with van der Waals surface area (Å²) in [4.78, 5) is 12.1. The van der Waals surface area contributed by atoms with E-state index < -0.39 is 15.9 Å². The molecule has 11 heteroatoms. The molecule has 1 aromatic carbocycles. The number of anilines is 1. The summed E-state index contributed by atoms with van der Waals surface area (Å²) in [5, 5.41) is 11.0. The largest absolute Gasteiger partial charge is 0.299 e. The van der Waals surface area contributed by atoms with E-state index in [9.17, 15) is 13.2 Å². The number of nitrogens with one attached hydrogen (secondary N) is 1. The van der Waals surface area contributed by atoms with Gasteiger partial charge in [0.2, 0.25) is 21.1 Å². The van der Waals surface area contributed by atoms with Crippen molar-refractivity contribution in [1.29, 1.82) is 0 Å². The molecule has 1 N–H and O–H groups in total. The number of carbonyl (C=O) groups is 1. The number of thioether (sulfide) groups is 1. The van der Waals surface area contributed by atoms with Gasteiger partial charge in [-0.2, -0.15) is 4.31 Å². The molecule has 134 valence electrons. The molecular formula is C14H15ClN4O3S3. The van der Waals surface area contributed by atoms with Crippen molar-refractivity contribution in [3.63, 3.8) is 0 Å². The van der Waals surface area contributed by atoms with Gasteiger partial charge in [0.05, 0.1) is 11.4 Å². The molecule has 0 aliphatic rings. The molecule has 1 aromatic heterocycles. The predicted molar refractivity (Wildman–Crippen MR) is 101 cm³/mol. The van der Waals surface area contributed by atoms with E-state index in [-0.39, 0.29) is 11.4 Å². The number of nitrogens with zero attached hydrogens (tertiary/aromatic N) is 3. The monoisotopic (exact) mass is 418 g/mol. The van der Waals surface area contributed by atoms with Crippen molar-refractivity contribution in [2.24, 2.45) is 0 Å². The lowest BCUT2D eigenvalue weighted by molar-refractivity contribution is -0.116. The van der Waals surface area contributed by atoms with Gasteiger partial charge in [-0.3, -0.25) is 10.1 Å². The van der Waals surface area contributed by atoms with Crippen LogP contribution in [0.1, 0.15) is 0 Å². The normalized spacial score (nSPS) is 11.5. The Balaban J connectivity index is 1.98. The molecule has 25 heavy (non-hydrogen) atoms. The van der Waals surface area contributed by atoms with Crippen LogP contribution in [0.2, 0.25) is 5.02 Å². The first-order valence-corrected chi connectivity index (χ1v) is 10.5. The molecule has 0 aliphatic carbocycles. The topological polar surface area (TPSA) is 92.3 Å². The van der Waals surface area contributed by atoms with Gasteiger partial charge in [0, 0.05) is 17.8 Å². The SMILES string of the molecule is C=CCSc1nnc(NC(=O)CN(C)S(=O)(=O)c2ccc(Cl)cc2)s1. The first-order chi connectivity index (χ1) is 11.8. The van der Waals surface area contributed by atoms with Crippen molar-refractivity contribution in [3.8, 4) is 0 Å². The first kappa shape index (κ1) is 19.9. The van der Waals surface area contributed by atoms with Crippen LogP contribution >= 0.6 is 34.7 Å². The Kier molecular flexibility index (Phi) is 6.96. The Morgan fingerprint density at radius 3 is 2.72 bits per heavy atom. The van der Waals surface area contributed by atoms with Gasteiger partial charge in [-0.15, -0.1) is 16.8 Å². The summed E-state index contributed by atoms with van der Waals surface area (Å²) < 4.78 is 26.5. The average molecular weight is 419 g/mol. The number of halogens is 1. The molecule has 0 spiro atoms. The summed E-state index contributed by atoms with van der Waals surface area (Å²) in [6, 6.07) is 5.73. The van der Waals surface area contributed by atoms with Crippen LogP contribution in [0.3, 0.4) is 0 Å². The highest BCUT2D eigenvalue weighted by atomic mass is 35.5. The molecule has 1 heterocycles. The highest BCUT2D eigenvalue weighted by Gasteiger charge is 2.23. The standard InChI is InChI=1S/C14H15ClN4O3S3/c1-3-8-23-14-18-17-13(24-14)16-12(20)9-19(2)25(21,22)11-6-4-10(15)5-7-11/h3-7H,1,8-9H2,2H3,(H,16,17,20). The molecule has 0 bridgehead atoms. The Morgan fingerprint density at radius 2 is 2.08 bits per heavy atom. The zero-order chi connectivity index (χ0) is 18.4. The lowest BCUT2D eigenvalue weighted by atomic mass is 10.4. The van der Waals surface area contributed by atoms with E-state index in [1.54, 1.807) is 6.08 Å². The summed E-state index contributed by atoms with van der Waals surface area (Å²) >= 11 is 8.41. The lowest BCUT2D eigenvalue weighted by Crippen LogP contribution is -2.34. The van der Waals surface area contributed by atoms with E-state index >= 15 is 0 Å². The number of carbonyl (C=O) groups excluding carboxylic acids is 1. The Morgan fingerprint density at radius 1 is 1.40 bits per heavy atom. The number of aromatic nitrogens is 2. The van der Waals surface area contributed by atoms with E-state index in [0.29, 0.717) is 20.2 Å². The average Bonchev–Trinajstić information content (AvgIpc) is 3.00. The molecule has 0 unspecified atom stereocenters. The number of hydrogen-bond donors (Lipinski definition) is 1. The maximum Gasteiger partial charge on any atom is 0.243 e. The second-order valence-electron chi connectivity index (χ2n) is 4.74. The fourth-order valence-electron chi connectivity index (χ4n) is 1.68. The van der Waals surface area contributed by atoms with Gasteiger partial charge >= 0.3 is 0 Å². The molecule has 1 amide bonds. The van der Waals surface area contributed by atoms with Crippen LogP contribution in [0.5, 0.6) is 0 Å². The van der Waals surface area contributed by atoms with Crippen LogP contribution in [0, 0.1) is 0 Å². The maximum absolute atomic E-state index is 12.4. The number of amides is 1. The van der Waals surface area contributed by atoms with Gasteiger partial charge in [0.25, 0.3) is 0 Å². The van der Waals surface area contributed by atoms with Gasteiger partial charge < -0.3 is 0 Å². The van der Waals surface area contributed by atoms with Crippen molar-refractivity contribution in [2.45, 2.75) is 9.24 Å². The van der Waals surface area contributed by atoms with Crippen molar-refractivity contribution >= 4 is 55.8 Å². The minimum absolute atomic E-state index is 0.0613. The highest BCUT2D eigenvalue weighted by molar-refractivity contribution is 8.01. The van der Waals surface area contributed by atoms with Crippen molar-refractivity contribution < 1.29 is 13.2 Å². The van der Waals surface area contributed by atoms with Crippen molar-refractivity contribution in [3.05, 3.63) is 41.9 Å². The minimum Gasteiger partial charge on any atom is -0.299 e. The summed E-state index contributed by atoms with van der Waals surface area (Å²) in [5.41, 5.74) is 0. The number of hydrogen-bond acceptors (Lipinski definition) is 7. The second-order valence-corrected chi connectivity index (χ2v) is 9.46. The van der Waals surface area contributed by atoms with Gasteiger partial charge in [-0.25, -0.2) is 8.42 Å².